The van der Waals surface area contributed by atoms with Crippen LogP contribution in [0.25, 0.3) is 22.3 Å². The van der Waals surface area contributed by atoms with Crippen molar-refractivity contribution in [2.75, 3.05) is 38.0 Å². The molecule has 2 saturated heterocycles. The molecule has 4 aromatic rings. The molecule has 0 amide bonds. The van der Waals surface area contributed by atoms with Gasteiger partial charge in [0.05, 0.1) is 38.6 Å². The van der Waals surface area contributed by atoms with Gasteiger partial charge >= 0.3 is 15.9 Å². The Hall–Kier alpha value is -3.04. The Balaban J connectivity index is 1.10. The van der Waals surface area contributed by atoms with E-state index in [0.717, 1.165) is 0 Å². The van der Waals surface area contributed by atoms with Gasteiger partial charge in [-0.05, 0) is 12.3 Å². The van der Waals surface area contributed by atoms with Crippen LogP contribution < -0.4 is 11.5 Å². The summed E-state index contributed by atoms with van der Waals surface area (Å²) in [5.74, 6) is 0.349. The molecule has 41 heavy (non-hydrogen) atoms. The first-order valence-electron chi connectivity index (χ1n) is 13.0. The van der Waals surface area contributed by atoms with Gasteiger partial charge < -0.3 is 38.9 Å². The Labute approximate surface area is 233 Å². The molecule has 3 aliphatic rings. The Kier molecular flexibility index (Phi) is 6.77. The van der Waals surface area contributed by atoms with E-state index in [4.69, 9.17) is 34.3 Å². The Bertz CT molecular complexity index is 1680. The lowest BCUT2D eigenvalue weighted by Gasteiger charge is -2.45. The zero-order valence-electron chi connectivity index (χ0n) is 21.8. The fourth-order valence-electron chi connectivity index (χ4n) is 5.73. The van der Waals surface area contributed by atoms with Crippen LogP contribution in [0.1, 0.15) is 25.1 Å². The van der Waals surface area contributed by atoms with Crippen molar-refractivity contribution < 1.29 is 32.0 Å². The van der Waals surface area contributed by atoms with E-state index in [2.05, 4.69) is 29.9 Å². The third-order valence-corrected chi connectivity index (χ3v) is 9.95. The van der Waals surface area contributed by atoms with Crippen LogP contribution in [0.5, 0.6) is 0 Å². The van der Waals surface area contributed by atoms with Gasteiger partial charge in [-0.15, -0.1) is 0 Å². The Morgan fingerprint density at radius 1 is 0.878 bits per heavy atom. The number of fused-ring (bicyclic) bond motifs is 4. The Morgan fingerprint density at radius 2 is 1.54 bits per heavy atom. The number of nitrogen functional groups attached to an aromatic ring is 2. The monoisotopic (exact) mass is 606 g/mol. The molecule has 4 N–H and O–H groups in total. The van der Waals surface area contributed by atoms with E-state index in [9.17, 15) is 9.13 Å². The van der Waals surface area contributed by atoms with Crippen molar-refractivity contribution >= 4 is 49.8 Å². The van der Waals surface area contributed by atoms with E-state index in [1.54, 1.807) is 17.2 Å². The number of nitrogens with zero attached hydrogens (tertiary/aromatic N) is 8. The molecular formula is C22H28N10O7P2. The smallest absolute Gasteiger partial charge is 0.328 e. The van der Waals surface area contributed by atoms with E-state index in [1.165, 1.54) is 19.3 Å². The number of nitrogens with two attached hydrogens (primary N) is 2. The molecule has 0 spiro atoms. The number of anilines is 2. The van der Waals surface area contributed by atoms with Gasteiger partial charge in [0.15, 0.2) is 22.9 Å². The molecule has 17 nitrogen and oxygen atoms in total. The van der Waals surface area contributed by atoms with Gasteiger partial charge in [-0.3, -0.25) is 13.7 Å². The summed E-state index contributed by atoms with van der Waals surface area (Å²) in [5, 5.41) is 0. The summed E-state index contributed by atoms with van der Waals surface area (Å²) in [7, 11) is -6.42. The lowest BCUT2D eigenvalue weighted by molar-refractivity contribution is -0.0366. The van der Waals surface area contributed by atoms with Gasteiger partial charge in [-0.25, -0.2) is 29.9 Å². The van der Waals surface area contributed by atoms with Gasteiger partial charge in [0.1, 0.15) is 36.0 Å². The summed E-state index contributed by atoms with van der Waals surface area (Å²) in [6, 6.07) is -0.0775. The quantitative estimate of drug-likeness (QED) is 0.311. The van der Waals surface area contributed by atoms with Crippen molar-refractivity contribution in [2.45, 2.75) is 37.3 Å². The summed E-state index contributed by atoms with van der Waals surface area (Å²) in [6.07, 6.45) is 4.91. The van der Waals surface area contributed by atoms with E-state index in [1.807, 2.05) is 4.57 Å². The molecule has 3 fully saturated rings. The van der Waals surface area contributed by atoms with E-state index < -0.39 is 34.3 Å². The van der Waals surface area contributed by atoms with Crippen molar-refractivity contribution in [1.82, 2.24) is 39.0 Å². The number of hydrogen-bond donors (Lipinski definition) is 2. The molecule has 8 atom stereocenters. The van der Waals surface area contributed by atoms with Crippen LogP contribution in [0.3, 0.4) is 0 Å². The summed E-state index contributed by atoms with van der Waals surface area (Å²) in [6.45, 7) is 1.62. The van der Waals surface area contributed by atoms with Crippen LogP contribution in [0.4, 0.5) is 11.6 Å². The van der Waals surface area contributed by atoms with Crippen LogP contribution in [0.2, 0.25) is 0 Å². The second kappa shape index (κ2) is 10.3. The molecule has 0 bridgehead atoms. The maximum atomic E-state index is 13.5. The van der Waals surface area contributed by atoms with Crippen molar-refractivity contribution in [3.05, 3.63) is 25.3 Å². The minimum atomic E-state index is -3.53. The van der Waals surface area contributed by atoms with E-state index in [-0.39, 0.29) is 49.3 Å². The second-order valence-corrected chi connectivity index (χ2v) is 13.4. The molecule has 218 valence electrons. The van der Waals surface area contributed by atoms with E-state index >= 15 is 0 Å². The molecule has 6 heterocycles. The molecule has 1 saturated carbocycles. The molecule has 2 aliphatic heterocycles. The molecule has 1 aliphatic carbocycles. The zero-order valence-corrected chi connectivity index (χ0v) is 23.7. The lowest BCUT2D eigenvalue weighted by atomic mass is 9.70. The predicted molar refractivity (Wildman–Crippen MR) is 144 cm³/mol. The van der Waals surface area contributed by atoms with Crippen molar-refractivity contribution in [2.24, 2.45) is 11.8 Å². The van der Waals surface area contributed by atoms with Crippen LogP contribution in [0, 0.1) is 11.8 Å². The first kappa shape index (κ1) is 26.8. The largest absolute Gasteiger partial charge is 0.382 e. The highest BCUT2D eigenvalue weighted by Gasteiger charge is 2.46. The summed E-state index contributed by atoms with van der Waals surface area (Å²) in [4.78, 5) is 25.2. The van der Waals surface area contributed by atoms with Gasteiger partial charge in [-0.1, -0.05) is 0 Å². The van der Waals surface area contributed by atoms with Crippen molar-refractivity contribution in [3.8, 4) is 0 Å². The predicted octanol–water partition coefficient (Wildman–Crippen LogP) is 1.96. The highest BCUT2D eigenvalue weighted by molar-refractivity contribution is 7.53. The molecule has 0 aromatic carbocycles. The highest BCUT2D eigenvalue weighted by atomic mass is 31.2. The molecule has 7 rings (SSSR count). The topological polar surface area (TPSA) is 220 Å². The van der Waals surface area contributed by atoms with Crippen LogP contribution in [0.15, 0.2) is 25.3 Å². The zero-order chi connectivity index (χ0) is 28.3. The minimum Gasteiger partial charge on any atom is -0.382 e. The SMILES string of the molecule is C[P@]1(=O)OC[C@H]2C[C@@H](n3cnc4c(N)ncnc43)[C@@H]2CO[PH](=O)OC[C@H]2O[C@@H](n3cnc4c(N)ncnc43)C[C@@H]2O1. The standard InChI is InChI=1S/C22H28N10O7P2/c1-41(34)37-4-11-2-13(31-9-29-17-19(23)25-7-27-21(17)31)12(11)5-35-40(33)36-6-15-14(39-41)3-16(38-15)32-10-30-18-20(24)26-8-28-22(18)32/h7-16,40H,2-6H2,1H3,(H2,23,25,27)(H2,24,26,28)/t11-,12-,13-,14+,15-,16-,41+/m1/s1. The average molecular weight is 606 g/mol. The molecular weight excluding hydrogens is 578 g/mol. The van der Waals surface area contributed by atoms with Gasteiger partial charge in [0, 0.05) is 25.0 Å². The minimum absolute atomic E-state index is 0.0464. The number of hydrogen-bond acceptors (Lipinski definition) is 15. The van der Waals surface area contributed by atoms with Crippen LogP contribution in [-0.2, 0) is 32.0 Å². The second-order valence-electron chi connectivity index (χ2n) is 10.3. The third-order valence-electron chi connectivity index (χ3n) is 7.88. The van der Waals surface area contributed by atoms with Crippen LogP contribution >= 0.6 is 15.9 Å². The summed E-state index contributed by atoms with van der Waals surface area (Å²) >= 11 is 0. The fourth-order valence-corrected chi connectivity index (χ4v) is 7.68. The lowest BCUT2D eigenvalue weighted by Crippen LogP contribution is -2.43. The van der Waals surface area contributed by atoms with Gasteiger partial charge in [0.25, 0.3) is 0 Å². The van der Waals surface area contributed by atoms with Gasteiger partial charge in [0.2, 0.25) is 0 Å². The Morgan fingerprint density at radius 3 is 2.27 bits per heavy atom. The normalized spacial score (nSPS) is 34.7. The number of aromatic nitrogens is 8. The summed E-state index contributed by atoms with van der Waals surface area (Å²) in [5.41, 5.74) is 13.9. The van der Waals surface area contributed by atoms with Crippen molar-refractivity contribution in [1.29, 1.82) is 0 Å². The van der Waals surface area contributed by atoms with Crippen molar-refractivity contribution in [3.63, 3.8) is 0 Å². The summed E-state index contributed by atoms with van der Waals surface area (Å²) < 4.78 is 59.3. The molecule has 0 radical (unpaired) electrons. The third kappa shape index (κ3) is 4.91. The maximum absolute atomic E-state index is 13.5. The molecule has 19 heteroatoms. The van der Waals surface area contributed by atoms with Gasteiger partial charge in [-0.2, -0.15) is 0 Å². The van der Waals surface area contributed by atoms with E-state index in [0.29, 0.717) is 35.2 Å². The number of imidazole rings is 2. The molecule has 4 aromatic heterocycles. The maximum Gasteiger partial charge on any atom is 0.328 e. The number of rotatable bonds is 2. The number of ether oxygens (including phenoxy) is 1. The first-order valence-corrected chi connectivity index (χ1v) is 16.2. The molecule has 1 unspecified atom stereocenters. The van der Waals surface area contributed by atoms with Crippen LogP contribution in [-0.4, -0.2) is 77.7 Å². The average Bonchev–Trinajstić information content (AvgIpc) is 3.64. The fraction of sp³-hybridized carbons (Fsp3) is 0.545. The first-order chi connectivity index (χ1) is 19.8. The highest BCUT2D eigenvalue weighted by Crippen LogP contribution is 2.53.